The first-order valence-corrected chi connectivity index (χ1v) is 9.35. The summed E-state index contributed by atoms with van der Waals surface area (Å²) >= 11 is 0. The Bertz CT molecular complexity index is 794. The number of methoxy groups -OCH3 is 1. The first-order chi connectivity index (χ1) is 12.9. The number of amides is 1. The van der Waals surface area contributed by atoms with Gasteiger partial charge in [0.25, 0.3) is 0 Å². The fourth-order valence-corrected chi connectivity index (χ4v) is 3.74. The monoisotopic (exact) mass is 372 g/mol. The number of ether oxygens (including phenoxy) is 1. The van der Waals surface area contributed by atoms with E-state index in [1.54, 1.807) is 19.4 Å². The zero-order valence-electron chi connectivity index (χ0n) is 16.4. The van der Waals surface area contributed by atoms with Crippen molar-refractivity contribution >= 4 is 5.91 Å². The summed E-state index contributed by atoms with van der Waals surface area (Å²) in [6.07, 6.45) is 3.92. The SMILES string of the molecule is COc1ccc([C@H](NC(=O)CCc2c(C)nn(C)c2C)C2CC(O)C2)cn1. The average molecular weight is 372 g/mol. The van der Waals surface area contributed by atoms with Crippen molar-refractivity contribution in [2.24, 2.45) is 13.0 Å². The van der Waals surface area contributed by atoms with Gasteiger partial charge in [0.2, 0.25) is 11.8 Å². The highest BCUT2D eigenvalue weighted by molar-refractivity contribution is 5.76. The molecule has 1 aliphatic carbocycles. The summed E-state index contributed by atoms with van der Waals surface area (Å²) in [5.74, 6) is 0.765. The van der Waals surface area contributed by atoms with Crippen molar-refractivity contribution in [2.45, 2.75) is 51.7 Å². The predicted molar refractivity (Wildman–Crippen MR) is 101 cm³/mol. The molecule has 146 valence electrons. The van der Waals surface area contributed by atoms with Crippen LogP contribution in [0.2, 0.25) is 0 Å². The van der Waals surface area contributed by atoms with Crippen LogP contribution < -0.4 is 10.1 Å². The molecule has 1 atom stereocenters. The van der Waals surface area contributed by atoms with Crippen molar-refractivity contribution in [3.63, 3.8) is 0 Å². The van der Waals surface area contributed by atoms with Gasteiger partial charge >= 0.3 is 0 Å². The van der Waals surface area contributed by atoms with E-state index in [2.05, 4.69) is 15.4 Å². The maximum atomic E-state index is 12.6. The Morgan fingerprint density at radius 2 is 2.15 bits per heavy atom. The van der Waals surface area contributed by atoms with E-state index in [1.165, 1.54) is 0 Å². The molecule has 7 heteroatoms. The largest absolute Gasteiger partial charge is 0.481 e. The van der Waals surface area contributed by atoms with Gasteiger partial charge in [0, 0.05) is 31.4 Å². The highest BCUT2D eigenvalue weighted by atomic mass is 16.5. The van der Waals surface area contributed by atoms with E-state index >= 15 is 0 Å². The van der Waals surface area contributed by atoms with Gasteiger partial charge in [0.05, 0.1) is 24.9 Å². The van der Waals surface area contributed by atoms with Gasteiger partial charge in [-0.15, -0.1) is 0 Å². The zero-order valence-corrected chi connectivity index (χ0v) is 16.4. The number of rotatable bonds is 7. The Balaban J connectivity index is 1.66. The lowest BCUT2D eigenvalue weighted by atomic mass is 9.75. The van der Waals surface area contributed by atoms with Crippen molar-refractivity contribution in [1.82, 2.24) is 20.1 Å². The van der Waals surface area contributed by atoms with E-state index in [1.807, 2.05) is 31.6 Å². The standard InChI is InChI=1S/C20H28N4O3/c1-12-17(13(2)24(3)23-12)6-7-18(26)22-20(15-9-16(25)10-15)14-5-8-19(27-4)21-11-14/h5,8,11,15-16,20,25H,6-7,9-10H2,1-4H3,(H,22,26)/t15?,16?,20-/m0/s1. The Hall–Kier alpha value is -2.41. The number of hydrogen-bond acceptors (Lipinski definition) is 5. The fraction of sp³-hybridized carbons (Fsp3) is 0.550. The Morgan fingerprint density at radius 3 is 2.67 bits per heavy atom. The van der Waals surface area contributed by atoms with Crippen molar-refractivity contribution in [3.8, 4) is 5.88 Å². The van der Waals surface area contributed by atoms with Gasteiger partial charge in [-0.2, -0.15) is 5.10 Å². The summed E-state index contributed by atoms with van der Waals surface area (Å²) in [4.78, 5) is 16.9. The minimum absolute atomic E-state index is 0.000129. The number of hydrogen-bond donors (Lipinski definition) is 2. The molecule has 1 amide bonds. The summed E-state index contributed by atoms with van der Waals surface area (Å²) in [6.45, 7) is 4.00. The molecule has 2 N–H and O–H groups in total. The highest BCUT2D eigenvalue weighted by Gasteiger charge is 2.35. The quantitative estimate of drug-likeness (QED) is 0.776. The van der Waals surface area contributed by atoms with E-state index in [-0.39, 0.29) is 24.0 Å². The number of aryl methyl sites for hydroxylation is 2. The normalized spacial score (nSPS) is 20.0. The number of pyridine rings is 1. The molecule has 0 bridgehead atoms. The van der Waals surface area contributed by atoms with Crippen LogP contribution in [-0.2, 0) is 18.3 Å². The fourth-order valence-electron chi connectivity index (χ4n) is 3.74. The lowest BCUT2D eigenvalue weighted by Gasteiger charge is -2.38. The van der Waals surface area contributed by atoms with Crippen LogP contribution in [0, 0.1) is 19.8 Å². The van der Waals surface area contributed by atoms with Gasteiger partial charge in [0.1, 0.15) is 0 Å². The molecule has 0 spiro atoms. The van der Waals surface area contributed by atoms with Crippen LogP contribution in [0.15, 0.2) is 18.3 Å². The maximum Gasteiger partial charge on any atom is 0.220 e. The second kappa shape index (κ2) is 8.08. The Labute approximate surface area is 159 Å². The number of nitrogens with one attached hydrogen (secondary N) is 1. The van der Waals surface area contributed by atoms with E-state index in [0.717, 1.165) is 22.5 Å². The third-order valence-electron chi connectivity index (χ3n) is 5.53. The summed E-state index contributed by atoms with van der Waals surface area (Å²) in [5, 5.41) is 17.2. The van der Waals surface area contributed by atoms with E-state index in [9.17, 15) is 9.90 Å². The first kappa shape index (κ1) is 19.4. The van der Waals surface area contributed by atoms with Crippen LogP contribution >= 0.6 is 0 Å². The summed E-state index contributed by atoms with van der Waals surface area (Å²) in [5.41, 5.74) is 4.14. The van der Waals surface area contributed by atoms with Gasteiger partial charge < -0.3 is 15.2 Å². The van der Waals surface area contributed by atoms with Crippen LogP contribution in [0.4, 0.5) is 0 Å². The molecule has 3 rings (SSSR count). The molecule has 1 fully saturated rings. The third-order valence-corrected chi connectivity index (χ3v) is 5.53. The van der Waals surface area contributed by atoms with Crippen molar-refractivity contribution < 1.29 is 14.6 Å². The van der Waals surface area contributed by atoms with E-state index < -0.39 is 0 Å². The van der Waals surface area contributed by atoms with Crippen molar-refractivity contribution in [3.05, 3.63) is 40.8 Å². The molecule has 0 aromatic carbocycles. The molecule has 0 saturated heterocycles. The maximum absolute atomic E-state index is 12.6. The summed E-state index contributed by atoms with van der Waals surface area (Å²) < 4.78 is 6.96. The summed E-state index contributed by atoms with van der Waals surface area (Å²) in [7, 11) is 3.49. The Kier molecular flexibility index (Phi) is 5.79. The summed E-state index contributed by atoms with van der Waals surface area (Å²) in [6, 6.07) is 3.58. The number of nitrogens with zero attached hydrogens (tertiary/aromatic N) is 3. The van der Waals surface area contributed by atoms with Crippen LogP contribution in [0.25, 0.3) is 0 Å². The lowest BCUT2D eigenvalue weighted by Crippen LogP contribution is -2.41. The van der Waals surface area contributed by atoms with Crippen LogP contribution in [0.5, 0.6) is 5.88 Å². The molecule has 2 heterocycles. The average Bonchev–Trinajstić information content (AvgIpc) is 2.87. The zero-order chi connectivity index (χ0) is 19.6. The molecular weight excluding hydrogens is 344 g/mol. The molecular formula is C20H28N4O3. The molecule has 2 aromatic heterocycles. The molecule has 27 heavy (non-hydrogen) atoms. The van der Waals surface area contributed by atoms with Crippen LogP contribution in [-0.4, -0.2) is 39.0 Å². The molecule has 0 unspecified atom stereocenters. The van der Waals surface area contributed by atoms with Gasteiger partial charge in [-0.05, 0) is 50.2 Å². The van der Waals surface area contributed by atoms with E-state index in [4.69, 9.17) is 4.74 Å². The minimum atomic E-state index is -0.277. The lowest BCUT2D eigenvalue weighted by molar-refractivity contribution is -0.123. The van der Waals surface area contributed by atoms with E-state index in [0.29, 0.717) is 31.6 Å². The molecule has 7 nitrogen and oxygen atoms in total. The first-order valence-electron chi connectivity index (χ1n) is 9.35. The van der Waals surface area contributed by atoms with Crippen LogP contribution in [0.1, 0.15) is 47.8 Å². The van der Waals surface area contributed by atoms with Crippen molar-refractivity contribution in [2.75, 3.05) is 7.11 Å². The molecule has 1 saturated carbocycles. The van der Waals surface area contributed by atoms with Crippen molar-refractivity contribution in [1.29, 1.82) is 0 Å². The number of carbonyl (C=O) groups excluding carboxylic acids is 1. The van der Waals surface area contributed by atoms with Gasteiger partial charge in [-0.3, -0.25) is 9.48 Å². The number of aliphatic hydroxyl groups is 1. The predicted octanol–water partition coefficient (Wildman–Crippen LogP) is 2.00. The molecule has 0 aliphatic heterocycles. The number of aromatic nitrogens is 3. The number of aliphatic hydroxyl groups excluding tert-OH is 1. The second-order valence-corrected chi connectivity index (χ2v) is 7.34. The van der Waals surface area contributed by atoms with Crippen LogP contribution in [0.3, 0.4) is 0 Å². The molecule has 0 radical (unpaired) electrons. The highest BCUT2D eigenvalue weighted by Crippen LogP contribution is 2.38. The third kappa shape index (κ3) is 4.30. The number of carbonyl (C=O) groups is 1. The Morgan fingerprint density at radius 1 is 1.41 bits per heavy atom. The van der Waals surface area contributed by atoms with Gasteiger partial charge in [0.15, 0.2) is 0 Å². The molecule has 1 aliphatic rings. The smallest absolute Gasteiger partial charge is 0.220 e. The second-order valence-electron chi connectivity index (χ2n) is 7.34. The topological polar surface area (TPSA) is 89.3 Å². The van der Waals surface area contributed by atoms with Gasteiger partial charge in [-0.1, -0.05) is 6.07 Å². The minimum Gasteiger partial charge on any atom is -0.481 e. The molecule has 2 aromatic rings. The van der Waals surface area contributed by atoms with Gasteiger partial charge in [-0.25, -0.2) is 4.98 Å².